The summed E-state index contributed by atoms with van der Waals surface area (Å²) in [5.41, 5.74) is -0.877. The fourth-order valence-corrected chi connectivity index (χ4v) is 1.94. The SMILES string of the molecule is O=C(O)C1CN(C(=O)c2cc([N+](=O)[O-])ccc2F)CCO1. The predicted octanol–water partition coefficient (Wildman–Crippen LogP) is 0.659. The van der Waals surface area contributed by atoms with Gasteiger partial charge in [-0.3, -0.25) is 14.9 Å². The molecule has 0 aromatic heterocycles. The highest BCUT2D eigenvalue weighted by Gasteiger charge is 2.31. The van der Waals surface area contributed by atoms with Crippen LogP contribution in [0.4, 0.5) is 10.1 Å². The highest BCUT2D eigenvalue weighted by molar-refractivity contribution is 5.95. The van der Waals surface area contributed by atoms with Crippen LogP contribution in [-0.2, 0) is 9.53 Å². The molecule has 112 valence electrons. The van der Waals surface area contributed by atoms with Crippen molar-refractivity contribution in [2.75, 3.05) is 19.7 Å². The lowest BCUT2D eigenvalue weighted by molar-refractivity contribution is -0.384. The summed E-state index contributed by atoms with van der Waals surface area (Å²) in [5.74, 6) is -2.93. The van der Waals surface area contributed by atoms with E-state index >= 15 is 0 Å². The van der Waals surface area contributed by atoms with Gasteiger partial charge in [0, 0.05) is 18.7 Å². The minimum atomic E-state index is -1.23. The van der Waals surface area contributed by atoms with Gasteiger partial charge in [-0.2, -0.15) is 0 Å². The van der Waals surface area contributed by atoms with Crippen LogP contribution < -0.4 is 0 Å². The van der Waals surface area contributed by atoms with Crippen molar-refractivity contribution in [3.8, 4) is 0 Å². The van der Waals surface area contributed by atoms with Crippen LogP contribution in [0.3, 0.4) is 0 Å². The second-order valence-corrected chi connectivity index (χ2v) is 4.37. The first kappa shape index (κ1) is 14.9. The first-order chi connectivity index (χ1) is 9.90. The average molecular weight is 298 g/mol. The van der Waals surface area contributed by atoms with E-state index < -0.39 is 40.0 Å². The summed E-state index contributed by atoms with van der Waals surface area (Å²) in [4.78, 5) is 34.0. The Morgan fingerprint density at radius 2 is 2.19 bits per heavy atom. The molecular weight excluding hydrogens is 287 g/mol. The van der Waals surface area contributed by atoms with E-state index in [1.54, 1.807) is 0 Å². The van der Waals surface area contributed by atoms with Gasteiger partial charge in [-0.25, -0.2) is 9.18 Å². The van der Waals surface area contributed by atoms with E-state index in [-0.39, 0.29) is 19.7 Å². The lowest BCUT2D eigenvalue weighted by Gasteiger charge is -2.30. The Kier molecular flexibility index (Phi) is 4.13. The Hall–Kier alpha value is -2.55. The lowest BCUT2D eigenvalue weighted by atomic mass is 10.1. The molecule has 0 spiro atoms. The number of rotatable bonds is 3. The predicted molar refractivity (Wildman–Crippen MR) is 66.3 cm³/mol. The molecule has 1 heterocycles. The molecule has 0 bridgehead atoms. The first-order valence-electron chi connectivity index (χ1n) is 5.97. The Bertz CT molecular complexity index is 605. The summed E-state index contributed by atoms with van der Waals surface area (Å²) < 4.78 is 18.6. The van der Waals surface area contributed by atoms with Crippen molar-refractivity contribution in [2.45, 2.75) is 6.10 Å². The van der Waals surface area contributed by atoms with E-state index in [0.29, 0.717) is 0 Å². The van der Waals surface area contributed by atoms with Gasteiger partial charge < -0.3 is 14.7 Å². The van der Waals surface area contributed by atoms with Gasteiger partial charge in [0.05, 0.1) is 23.6 Å². The third-order valence-electron chi connectivity index (χ3n) is 3.02. The molecule has 9 heteroatoms. The van der Waals surface area contributed by atoms with Crippen LogP contribution in [0.2, 0.25) is 0 Å². The molecule has 1 aromatic rings. The van der Waals surface area contributed by atoms with E-state index in [2.05, 4.69) is 0 Å². The zero-order valence-corrected chi connectivity index (χ0v) is 10.7. The summed E-state index contributed by atoms with van der Waals surface area (Å²) in [7, 11) is 0. The Labute approximate surface area is 117 Å². The van der Waals surface area contributed by atoms with Crippen LogP contribution in [0.5, 0.6) is 0 Å². The van der Waals surface area contributed by atoms with Crippen molar-refractivity contribution in [3.05, 3.63) is 39.7 Å². The van der Waals surface area contributed by atoms with Crippen LogP contribution in [-0.4, -0.2) is 52.6 Å². The minimum Gasteiger partial charge on any atom is -0.479 e. The second-order valence-electron chi connectivity index (χ2n) is 4.37. The number of benzene rings is 1. The molecule has 1 atom stereocenters. The summed E-state index contributed by atoms with van der Waals surface area (Å²) in [6.45, 7) is -0.152. The molecule has 0 saturated carbocycles. The quantitative estimate of drug-likeness (QED) is 0.648. The molecule has 1 amide bonds. The molecule has 1 aliphatic rings. The number of morpholine rings is 1. The number of non-ortho nitro benzene ring substituents is 1. The van der Waals surface area contributed by atoms with E-state index in [9.17, 15) is 24.1 Å². The third kappa shape index (κ3) is 3.14. The van der Waals surface area contributed by atoms with Crippen molar-refractivity contribution in [2.24, 2.45) is 0 Å². The normalized spacial score (nSPS) is 18.3. The number of hydrogen-bond donors (Lipinski definition) is 1. The Morgan fingerprint density at radius 3 is 2.81 bits per heavy atom. The van der Waals surface area contributed by atoms with Gasteiger partial charge in [-0.15, -0.1) is 0 Å². The monoisotopic (exact) mass is 298 g/mol. The van der Waals surface area contributed by atoms with Crippen molar-refractivity contribution >= 4 is 17.6 Å². The number of nitrogens with zero attached hydrogens (tertiary/aromatic N) is 2. The van der Waals surface area contributed by atoms with Gasteiger partial charge in [0.2, 0.25) is 0 Å². The summed E-state index contributed by atoms with van der Waals surface area (Å²) in [6, 6.07) is 2.62. The zero-order valence-electron chi connectivity index (χ0n) is 10.7. The molecule has 1 aliphatic heterocycles. The van der Waals surface area contributed by atoms with E-state index in [1.807, 2.05) is 0 Å². The summed E-state index contributed by atoms with van der Waals surface area (Å²) in [6.07, 6.45) is -1.19. The highest BCUT2D eigenvalue weighted by Crippen LogP contribution is 2.19. The van der Waals surface area contributed by atoms with Crippen molar-refractivity contribution in [1.82, 2.24) is 4.90 Å². The molecule has 1 unspecified atom stereocenters. The number of nitro benzene ring substituents is 1. The van der Waals surface area contributed by atoms with Crippen molar-refractivity contribution in [1.29, 1.82) is 0 Å². The number of nitro groups is 1. The summed E-state index contributed by atoms with van der Waals surface area (Å²) >= 11 is 0. The molecule has 0 radical (unpaired) electrons. The van der Waals surface area contributed by atoms with Gasteiger partial charge in [0.1, 0.15) is 5.82 Å². The largest absolute Gasteiger partial charge is 0.479 e. The van der Waals surface area contributed by atoms with Gasteiger partial charge >= 0.3 is 5.97 Å². The number of ether oxygens (including phenoxy) is 1. The molecule has 1 fully saturated rings. The van der Waals surface area contributed by atoms with Crippen LogP contribution in [0.25, 0.3) is 0 Å². The smallest absolute Gasteiger partial charge is 0.334 e. The fourth-order valence-electron chi connectivity index (χ4n) is 1.94. The van der Waals surface area contributed by atoms with Gasteiger partial charge in [0.25, 0.3) is 11.6 Å². The number of carbonyl (C=O) groups is 2. The van der Waals surface area contributed by atoms with E-state index in [1.165, 1.54) is 0 Å². The van der Waals surface area contributed by atoms with Crippen molar-refractivity contribution < 1.29 is 28.7 Å². The Morgan fingerprint density at radius 1 is 1.48 bits per heavy atom. The fraction of sp³-hybridized carbons (Fsp3) is 0.333. The lowest BCUT2D eigenvalue weighted by Crippen LogP contribution is -2.48. The highest BCUT2D eigenvalue weighted by atomic mass is 19.1. The zero-order chi connectivity index (χ0) is 15.6. The third-order valence-corrected chi connectivity index (χ3v) is 3.02. The number of hydrogen-bond acceptors (Lipinski definition) is 5. The first-order valence-corrected chi connectivity index (χ1v) is 5.97. The topological polar surface area (TPSA) is 110 Å². The summed E-state index contributed by atoms with van der Waals surface area (Å²) in [5, 5.41) is 19.5. The number of carboxylic acids is 1. The van der Waals surface area contributed by atoms with E-state index in [0.717, 1.165) is 23.1 Å². The van der Waals surface area contributed by atoms with Gasteiger partial charge in [0.15, 0.2) is 6.10 Å². The maximum atomic E-state index is 13.7. The average Bonchev–Trinajstić information content (AvgIpc) is 2.47. The molecule has 1 N–H and O–H groups in total. The number of aliphatic carboxylic acids is 1. The Balaban J connectivity index is 2.25. The number of carboxylic acid groups (broad SMARTS) is 1. The van der Waals surface area contributed by atoms with Crippen LogP contribution in [0.1, 0.15) is 10.4 Å². The van der Waals surface area contributed by atoms with Gasteiger partial charge in [-0.05, 0) is 6.07 Å². The molecular formula is C12H11FN2O6. The minimum absolute atomic E-state index is 0.000742. The van der Waals surface area contributed by atoms with Crippen molar-refractivity contribution in [3.63, 3.8) is 0 Å². The van der Waals surface area contributed by atoms with Crippen LogP contribution in [0, 0.1) is 15.9 Å². The molecule has 0 aliphatic carbocycles. The maximum absolute atomic E-state index is 13.7. The molecule has 21 heavy (non-hydrogen) atoms. The van der Waals surface area contributed by atoms with Crippen LogP contribution >= 0.6 is 0 Å². The maximum Gasteiger partial charge on any atom is 0.334 e. The molecule has 1 aromatic carbocycles. The van der Waals surface area contributed by atoms with Crippen LogP contribution in [0.15, 0.2) is 18.2 Å². The molecule has 1 saturated heterocycles. The van der Waals surface area contributed by atoms with E-state index in [4.69, 9.17) is 9.84 Å². The number of halogens is 1. The number of carbonyl (C=O) groups excluding carboxylic acids is 1. The van der Waals surface area contributed by atoms with Gasteiger partial charge in [-0.1, -0.05) is 0 Å². The standard InChI is InChI=1S/C12H11FN2O6/c13-9-2-1-7(15(19)20)5-8(9)11(16)14-3-4-21-10(6-14)12(17)18/h1-2,5,10H,3-4,6H2,(H,17,18). The number of amides is 1. The second kappa shape index (κ2) is 5.83. The molecule has 8 nitrogen and oxygen atoms in total. The molecule has 2 rings (SSSR count).